The van der Waals surface area contributed by atoms with Crippen molar-refractivity contribution in [2.75, 3.05) is 7.11 Å². The molecule has 1 fully saturated rings. The van der Waals surface area contributed by atoms with E-state index in [9.17, 15) is 9.90 Å². The Morgan fingerprint density at radius 1 is 1.48 bits per heavy atom. The number of amides is 1. The molecule has 0 saturated heterocycles. The average Bonchev–Trinajstić information content (AvgIpc) is 3.00. The third kappa shape index (κ3) is 4.35. The van der Waals surface area contributed by atoms with Gasteiger partial charge in [-0.25, -0.2) is 4.98 Å². The Balaban J connectivity index is 1.67. The Morgan fingerprint density at radius 3 is 2.92 bits per heavy atom. The highest BCUT2D eigenvalue weighted by Gasteiger charge is 2.36. The van der Waals surface area contributed by atoms with Gasteiger partial charge in [0.15, 0.2) is 0 Å². The SMILES string of the molecule is COc1cncc(C(NC(=O)CCc2scnc2C)C2CC(O)C2)c1. The third-order valence-electron chi connectivity index (χ3n) is 4.69. The van der Waals surface area contributed by atoms with Crippen LogP contribution in [-0.2, 0) is 11.2 Å². The Kier molecular flexibility index (Phi) is 5.65. The van der Waals surface area contributed by atoms with Gasteiger partial charge in [0.2, 0.25) is 5.91 Å². The Labute approximate surface area is 151 Å². The molecule has 0 radical (unpaired) electrons. The molecule has 1 aliphatic rings. The van der Waals surface area contributed by atoms with Gasteiger partial charge in [-0.15, -0.1) is 11.3 Å². The molecular weight excluding hydrogens is 338 g/mol. The predicted molar refractivity (Wildman–Crippen MR) is 95.6 cm³/mol. The highest BCUT2D eigenvalue weighted by molar-refractivity contribution is 7.09. The van der Waals surface area contributed by atoms with Crippen LogP contribution in [-0.4, -0.2) is 34.2 Å². The Hall–Kier alpha value is -1.99. The lowest BCUT2D eigenvalue weighted by Gasteiger charge is -2.38. The molecule has 6 nitrogen and oxygen atoms in total. The van der Waals surface area contributed by atoms with E-state index in [1.807, 2.05) is 18.5 Å². The number of carbonyl (C=O) groups is 1. The van der Waals surface area contributed by atoms with E-state index in [0.29, 0.717) is 31.4 Å². The molecule has 1 aliphatic carbocycles. The molecule has 25 heavy (non-hydrogen) atoms. The Bertz CT molecular complexity index is 728. The Morgan fingerprint density at radius 2 is 2.28 bits per heavy atom. The fourth-order valence-corrected chi connectivity index (χ4v) is 3.91. The summed E-state index contributed by atoms with van der Waals surface area (Å²) in [5.74, 6) is 0.886. The minimum atomic E-state index is -0.275. The number of aryl methyl sites for hydroxylation is 2. The summed E-state index contributed by atoms with van der Waals surface area (Å²) in [7, 11) is 1.60. The van der Waals surface area contributed by atoms with Crippen molar-refractivity contribution in [3.63, 3.8) is 0 Å². The molecule has 0 bridgehead atoms. The van der Waals surface area contributed by atoms with Crippen LogP contribution in [0.15, 0.2) is 24.0 Å². The number of hydrogen-bond acceptors (Lipinski definition) is 6. The molecule has 2 N–H and O–H groups in total. The number of pyridine rings is 1. The number of aliphatic hydroxyl groups is 1. The van der Waals surface area contributed by atoms with Crippen LogP contribution in [0.25, 0.3) is 0 Å². The van der Waals surface area contributed by atoms with Gasteiger partial charge in [-0.1, -0.05) is 0 Å². The minimum Gasteiger partial charge on any atom is -0.495 e. The summed E-state index contributed by atoms with van der Waals surface area (Å²) in [6.45, 7) is 1.96. The number of thiazole rings is 1. The van der Waals surface area contributed by atoms with Gasteiger partial charge >= 0.3 is 0 Å². The molecule has 7 heteroatoms. The van der Waals surface area contributed by atoms with E-state index in [0.717, 1.165) is 16.1 Å². The number of aromatic nitrogens is 2. The molecule has 2 aromatic rings. The lowest BCUT2D eigenvalue weighted by atomic mass is 9.75. The zero-order chi connectivity index (χ0) is 17.8. The van der Waals surface area contributed by atoms with Gasteiger partial charge in [0, 0.05) is 17.5 Å². The van der Waals surface area contributed by atoms with Gasteiger partial charge in [-0.2, -0.15) is 0 Å². The number of hydrogen-bond donors (Lipinski definition) is 2. The van der Waals surface area contributed by atoms with Gasteiger partial charge < -0.3 is 15.2 Å². The van der Waals surface area contributed by atoms with Gasteiger partial charge in [-0.3, -0.25) is 9.78 Å². The van der Waals surface area contributed by atoms with Crippen LogP contribution in [0.2, 0.25) is 0 Å². The van der Waals surface area contributed by atoms with Crippen molar-refractivity contribution in [3.05, 3.63) is 40.1 Å². The van der Waals surface area contributed by atoms with E-state index in [1.165, 1.54) is 0 Å². The van der Waals surface area contributed by atoms with Crippen LogP contribution in [0, 0.1) is 12.8 Å². The molecule has 2 aromatic heterocycles. The normalized spacial score (nSPS) is 20.6. The summed E-state index contributed by atoms with van der Waals surface area (Å²) in [4.78, 5) is 22.0. The number of carbonyl (C=O) groups excluding carboxylic acids is 1. The van der Waals surface area contributed by atoms with E-state index in [4.69, 9.17) is 4.74 Å². The monoisotopic (exact) mass is 361 g/mol. The number of rotatable bonds is 7. The summed E-state index contributed by atoms with van der Waals surface area (Å²) in [6, 6.07) is 1.75. The maximum atomic E-state index is 12.5. The predicted octanol–water partition coefficient (Wildman–Crippen LogP) is 2.42. The molecule has 1 atom stereocenters. The van der Waals surface area contributed by atoms with E-state index in [-0.39, 0.29) is 24.0 Å². The largest absolute Gasteiger partial charge is 0.495 e. The van der Waals surface area contributed by atoms with Crippen molar-refractivity contribution in [1.82, 2.24) is 15.3 Å². The molecule has 1 saturated carbocycles. The smallest absolute Gasteiger partial charge is 0.220 e. The third-order valence-corrected chi connectivity index (χ3v) is 5.69. The lowest BCUT2D eigenvalue weighted by molar-refractivity contribution is -0.123. The maximum Gasteiger partial charge on any atom is 0.220 e. The number of aliphatic hydroxyl groups excluding tert-OH is 1. The minimum absolute atomic E-state index is 0.00186. The maximum absolute atomic E-state index is 12.5. The van der Waals surface area contributed by atoms with Crippen LogP contribution in [0.4, 0.5) is 0 Å². The van der Waals surface area contributed by atoms with E-state index in [2.05, 4.69) is 15.3 Å². The molecule has 0 aliphatic heterocycles. The van der Waals surface area contributed by atoms with Crippen molar-refractivity contribution >= 4 is 17.2 Å². The first-order valence-corrected chi connectivity index (χ1v) is 9.30. The van der Waals surface area contributed by atoms with E-state index < -0.39 is 0 Å². The van der Waals surface area contributed by atoms with Crippen molar-refractivity contribution in [3.8, 4) is 5.75 Å². The summed E-state index contributed by atoms with van der Waals surface area (Å²) in [5.41, 5.74) is 3.72. The molecule has 0 aromatic carbocycles. The fraction of sp³-hybridized carbons (Fsp3) is 0.500. The van der Waals surface area contributed by atoms with Crippen molar-refractivity contribution in [1.29, 1.82) is 0 Å². The first-order valence-electron chi connectivity index (χ1n) is 8.42. The van der Waals surface area contributed by atoms with Crippen LogP contribution < -0.4 is 10.1 Å². The summed E-state index contributed by atoms with van der Waals surface area (Å²) in [6.07, 6.45) is 5.62. The number of methoxy groups -OCH3 is 1. The number of ether oxygens (including phenoxy) is 1. The molecule has 1 amide bonds. The van der Waals surface area contributed by atoms with Gasteiger partial charge in [-0.05, 0) is 43.7 Å². The molecule has 134 valence electrons. The van der Waals surface area contributed by atoms with Crippen LogP contribution in [0.1, 0.15) is 41.4 Å². The second-order valence-electron chi connectivity index (χ2n) is 6.45. The number of nitrogens with one attached hydrogen (secondary N) is 1. The van der Waals surface area contributed by atoms with Crippen molar-refractivity contribution < 1.29 is 14.6 Å². The van der Waals surface area contributed by atoms with Gasteiger partial charge in [0.1, 0.15) is 5.75 Å². The fourth-order valence-electron chi connectivity index (χ4n) is 3.13. The van der Waals surface area contributed by atoms with E-state index in [1.54, 1.807) is 30.8 Å². The zero-order valence-corrected chi connectivity index (χ0v) is 15.3. The van der Waals surface area contributed by atoms with Crippen LogP contribution in [0.5, 0.6) is 5.75 Å². The van der Waals surface area contributed by atoms with E-state index >= 15 is 0 Å². The molecule has 2 heterocycles. The van der Waals surface area contributed by atoms with Crippen LogP contribution in [0.3, 0.4) is 0 Å². The van der Waals surface area contributed by atoms with Crippen molar-refractivity contribution in [2.45, 2.75) is 44.8 Å². The first-order chi connectivity index (χ1) is 12.1. The summed E-state index contributed by atoms with van der Waals surface area (Å²) >= 11 is 1.58. The van der Waals surface area contributed by atoms with Crippen LogP contribution >= 0.6 is 11.3 Å². The molecule has 0 spiro atoms. The number of nitrogens with zero attached hydrogens (tertiary/aromatic N) is 2. The quantitative estimate of drug-likeness (QED) is 0.791. The first kappa shape index (κ1) is 17.8. The van der Waals surface area contributed by atoms with Gasteiger partial charge in [0.25, 0.3) is 0 Å². The second-order valence-corrected chi connectivity index (χ2v) is 7.39. The topological polar surface area (TPSA) is 84.3 Å². The average molecular weight is 361 g/mol. The zero-order valence-electron chi connectivity index (χ0n) is 14.4. The summed E-state index contributed by atoms with van der Waals surface area (Å²) in [5, 5.41) is 12.8. The summed E-state index contributed by atoms with van der Waals surface area (Å²) < 4.78 is 5.24. The molecule has 1 unspecified atom stereocenters. The van der Waals surface area contributed by atoms with Gasteiger partial charge in [0.05, 0.1) is 36.7 Å². The molecular formula is C18H23N3O3S. The van der Waals surface area contributed by atoms with Crippen molar-refractivity contribution in [2.24, 2.45) is 5.92 Å². The highest BCUT2D eigenvalue weighted by atomic mass is 32.1. The standard InChI is InChI=1S/C18H23N3O3S/c1-11-16(25-10-20-11)3-4-17(23)21-18(12-5-14(22)6-12)13-7-15(24-2)9-19-8-13/h7-10,12,14,18,22H,3-6H2,1-2H3,(H,21,23). The molecule has 3 rings (SSSR count). The lowest BCUT2D eigenvalue weighted by Crippen LogP contribution is -2.41. The second kappa shape index (κ2) is 7.93. The highest BCUT2D eigenvalue weighted by Crippen LogP contribution is 2.38.